The van der Waals surface area contributed by atoms with E-state index in [4.69, 9.17) is 9.47 Å². The first-order valence-corrected chi connectivity index (χ1v) is 8.89. The SMILES string of the molecule is O=C(C1CCOCC1)N1C[C@@H]2[C@@H](C1)OCC(=O)N2Cc1ccncc1. The van der Waals surface area contributed by atoms with Crippen LogP contribution in [0.4, 0.5) is 0 Å². The molecule has 3 fully saturated rings. The summed E-state index contributed by atoms with van der Waals surface area (Å²) in [6, 6.07) is 3.76. The Balaban J connectivity index is 1.46. The molecule has 4 heterocycles. The normalized spacial score (nSPS) is 27.4. The number of fused-ring (bicyclic) bond motifs is 1. The summed E-state index contributed by atoms with van der Waals surface area (Å²) in [5.74, 6) is 0.203. The second-order valence-corrected chi connectivity index (χ2v) is 6.92. The number of likely N-dealkylation sites (tertiary alicyclic amines) is 1. The third kappa shape index (κ3) is 3.39. The first-order chi connectivity index (χ1) is 12.2. The molecule has 25 heavy (non-hydrogen) atoms. The Morgan fingerprint density at radius 2 is 1.96 bits per heavy atom. The zero-order chi connectivity index (χ0) is 17.2. The topological polar surface area (TPSA) is 72.0 Å². The van der Waals surface area contributed by atoms with Crippen molar-refractivity contribution in [2.24, 2.45) is 5.92 Å². The van der Waals surface area contributed by atoms with Gasteiger partial charge in [0.05, 0.1) is 12.1 Å². The van der Waals surface area contributed by atoms with E-state index in [0.717, 1.165) is 18.4 Å². The third-order valence-corrected chi connectivity index (χ3v) is 5.36. The molecule has 1 aromatic heterocycles. The minimum Gasteiger partial charge on any atom is -0.381 e. The molecule has 1 aromatic rings. The highest BCUT2D eigenvalue weighted by Gasteiger charge is 2.45. The lowest BCUT2D eigenvalue weighted by Gasteiger charge is -2.36. The van der Waals surface area contributed by atoms with Gasteiger partial charge in [-0.15, -0.1) is 0 Å². The van der Waals surface area contributed by atoms with Gasteiger partial charge in [0.15, 0.2) is 0 Å². The van der Waals surface area contributed by atoms with Gasteiger partial charge < -0.3 is 19.3 Å². The van der Waals surface area contributed by atoms with Gasteiger partial charge in [0, 0.05) is 51.2 Å². The predicted octanol–water partition coefficient (Wildman–Crippen LogP) is 0.446. The highest BCUT2D eigenvalue weighted by molar-refractivity contribution is 5.81. The molecule has 7 nitrogen and oxygen atoms in total. The van der Waals surface area contributed by atoms with Gasteiger partial charge in [0.25, 0.3) is 0 Å². The fourth-order valence-corrected chi connectivity index (χ4v) is 3.94. The Morgan fingerprint density at radius 1 is 1.20 bits per heavy atom. The van der Waals surface area contributed by atoms with Gasteiger partial charge in [-0.3, -0.25) is 14.6 Å². The van der Waals surface area contributed by atoms with Crippen LogP contribution in [0.5, 0.6) is 0 Å². The maximum atomic E-state index is 12.8. The van der Waals surface area contributed by atoms with Crippen molar-refractivity contribution in [3.63, 3.8) is 0 Å². The second-order valence-electron chi connectivity index (χ2n) is 6.92. The molecule has 3 aliphatic rings. The Bertz CT molecular complexity index is 632. The van der Waals surface area contributed by atoms with Crippen LogP contribution >= 0.6 is 0 Å². The number of ether oxygens (including phenoxy) is 2. The summed E-state index contributed by atoms with van der Waals surface area (Å²) in [5, 5.41) is 0. The van der Waals surface area contributed by atoms with E-state index in [2.05, 4.69) is 4.98 Å². The number of carbonyl (C=O) groups is 2. The molecule has 134 valence electrons. The maximum Gasteiger partial charge on any atom is 0.249 e. The first-order valence-electron chi connectivity index (χ1n) is 8.89. The summed E-state index contributed by atoms with van der Waals surface area (Å²) in [5.41, 5.74) is 1.04. The Kier molecular flexibility index (Phi) is 4.67. The number of rotatable bonds is 3. The van der Waals surface area contributed by atoms with Gasteiger partial charge in [0.1, 0.15) is 6.61 Å². The van der Waals surface area contributed by atoms with Crippen LogP contribution in [0.15, 0.2) is 24.5 Å². The van der Waals surface area contributed by atoms with E-state index in [9.17, 15) is 9.59 Å². The van der Waals surface area contributed by atoms with Gasteiger partial charge >= 0.3 is 0 Å². The molecule has 0 saturated carbocycles. The summed E-state index contributed by atoms with van der Waals surface area (Å²) in [6.45, 7) is 3.05. The van der Waals surface area contributed by atoms with Crippen molar-refractivity contribution >= 4 is 11.8 Å². The average molecular weight is 345 g/mol. The Hall–Kier alpha value is -1.99. The fraction of sp³-hybridized carbons (Fsp3) is 0.611. The molecule has 0 radical (unpaired) electrons. The molecule has 4 rings (SSSR count). The van der Waals surface area contributed by atoms with Crippen molar-refractivity contribution < 1.29 is 19.1 Å². The average Bonchev–Trinajstić information content (AvgIpc) is 3.10. The van der Waals surface area contributed by atoms with Crippen LogP contribution in [-0.4, -0.2) is 71.7 Å². The molecular weight excluding hydrogens is 322 g/mol. The van der Waals surface area contributed by atoms with E-state index in [0.29, 0.717) is 32.8 Å². The molecule has 3 saturated heterocycles. The molecule has 3 aliphatic heterocycles. The number of nitrogens with zero attached hydrogens (tertiary/aromatic N) is 3. The fourth-order valence-electron chi connectivity index (χ4n) is 3.94. The van der Waals surface area contributed by atoms with E-state index in [-0.39, 0.29) is 36.5 Å². The highest BCUT2D eigenvalue weighted by atomic mass is 16.5. The van der Waals surface area contributed by atoms with Crippen molar-refractivity contribution in [3.8, 4) is 0 Å². The molecular formula is C18H23N3O4. The molecule has 0 bridgehead atoms. The van der Waals surface area contributed by atoms with Gasteiger partial charge in [0.2, 0.25) is 11.8 Å². The number of pyridine rings is 1. The molecule has 0 unspecified atom stereocenters. The number of aromatic nitrogens is 1. The van der Waals surface area contributed by atoms with E-state index >= 15 is 0 Å². The Labute approximate surface area is 146 Å². The highest BCUT2D eigenvalue weighted by Crippen LogP contribution is 2.28. The molecule has 2 atom stereocenters. The van der Waals surface area contributed by atoms with Crippen LogP contribution in [-0.2, 0) is 25.6 Å². The summed E-state index contributed by atoms with van der Waals surface area (Å²) in [4.78, 5) is 32.9. The third-order valence-electron chi connectivity index (χ3n) is 5.36. The lowest BCUT2D eigenvalue weighted by molar-refractivity contribution is -0.153. The van der Waals surface area contributed by atoms with Crippen LogP contribution < -0.4 is 0 Å². The molecule has 0 aliphatic carbocycles. The summed E-state index contributed by atoms with van der Waals surface area (Å²) in [6.07, 6.45) is 4.93. The van der Waals surface area contributed by atoms with Gasteiger partial charge in [-0.1, -0.05) is 0 Å². The number of hydrogen-bond acceptors (Lipinski definition) is 5. The first kappa shape index (κ1) is 16.5. The minimum atomic E-state index is -0.0941. The van der Waals surface area contributed by atoms with Crippen LogP contribution in [0, 0.1) is 5.92 Å². The van der Waals surface area contributed by atoms with Crippen molar-refractivity contribution in [3.05, 3.63) is 30.1 Å². The van der Waals surface area contributed by atoms with E-state index in [1.807, 2.05) is 21.9 Å². The maximum absolute atomic E-state index is 12.8. The molecule has 0 spiro atoms. The van der Waals surface area contributed by atoms with Crippen molar-refractivity contribution in [2.75, 3.05) is 32.9 Å². The van der Waals surface area contributed by atoms with Crippen LogP contribution in [0.3, 0.4) is 0 Å². The number of carbonyl (C=O) groups excluding carboxylic acids is 2. The summed E-state index contributed by atoms with van der Waals surface area (Å²) in [7, 11) is 0. The standard InChI is InChI=1S/C18H23N3O4/c22-17-12-25-16-11-20(18(23)14-3-7-24-8-4-14)10-15(16)21(17)9-13-1-5-19-6-2-13/h1-2,5-6,14-16H,3-4,7-12H2/t15-,16-/m1/s1. The van der Waals surface area contributed by atoms with Crippen molar-refractivity contribution in [1.82, 2.24) is 14.8 Å². The number of morpholine rings is 1. The second kappa shape index (κ2) is 7.09. The van der Waals surface area contributed by atoms with Crippen LogP contribution in [0.25, 0.3) is 0 Å². The van der Waals surface area contributed by atoms with Crippen LogP contribution in [0.2, 0.25) is 0 Å². The molecule has 0 N–H and O–H groups in total. The summed E-state index contributed by atoms with van der Waals surface area (Å²) >= 11 is 0. The molecule has 7 heteroatoms. The molecule has 0 aromatic carbocycles. The Morgan fingerprint density at radius 3 is 2.72 bits per heavy atom. The van der Waals surface area contributed by atoms with Crippen molar-refractivity contribution in [2.45, 2.75) is 31.5 Å². The van der Waals surface area contributed by atoms with Gasteiger partial charge in [-0.25, -0.2) is 0 Å². The largest absolute Gasteiger partial charge is 0.381 e. The van der Waals surface area contributed by atoms with E-state index in [1.165, 1.54) is 0 Å². The minimum absolute atomic E-state index is 0.0153. The summed E-state index contributed by atoms with van der Waals surface area (Å²) < 4.78 is 11.1. The lowest BCUT2D eigenvalue weighted by Crippen LogP contribution is -2.53. The van der Waals surface area contributed by atoms with Crippen molar-refractivity contribution in [1.29, 1.82) is 0 Å². The van der Waals surface area contributed by atoms with Gasteiger partial charge in [-0.05, 0) is 30.5 Å². The zero-order valence-electron chi connectivity index (χ0n) is 14.2. The van der Waals surface area contributed by atoms with E-state index < -0.39 is 0 Å². The van der Waals surface area contributed by atoms with E-state index in [1.54, 1.807) is 12.4 Å². The quantitative estimate of drug-likeness (QED) is 0.795. The predicted molar refractivity (Wildman–Crippen MR) is 88.4 cm³/mol. The number of amides is 2. The molecule has 2 amide bonds. The smallest absolute Gasteiger partial charge is 0.249 e. The van der Waals surface area contributed by atoms with Gasteiger partial charge in [-0.2, -0.15) is 0 Å². The van der Waals surface area contributed by atoms with Crippen LogP contribution in [0.1, 0.15) is 18.4 Å². The monoisotopic (exact) mass is 345 g/mol. The zero-order valence-corrected chi connectivity index (χ0v) is 14.2. The number of hydrogen-bond donors (Lipinski definition) is 0. The lowest BCUT2D eigenvalue weighted by atomic mass is 9.99.